The number of sulfonamides is 1. The van der Waals surface area contributed by atoms with Crippen LogP contribution < -0.4 is 10.1 Å². The van der Waals surface area contributed by atoms with Crippen molar-refractivity contribution in [3.63, 3.8) is 0 Å². The number of urea groups is 1. The minimum absolute atomic E-state index is 0.162. The van der Waals surface area contributed by atoms with Crippen LogP contribution in [-0.4, -0.2) is 62.5 Å². The van der Waals surface area contributed by atoms with E-state index in [0.717, 1.165) is 0 Å². The molecule has 0 unspecified atom stereocenters. The molecule has 1 aromatic rings. The van der Waals surface area contributed by atoms with Crippen LogP contribution in [0.3, 0.4) is 0 Å². The molecule has 1 N–H and O–H groups in total. The van der Waals surface area contributed by atoms with Gasteiger partial charge in [-0.2, -0.15) is 4.31 Å². The molecule has 1 heterocycles. The number of hydrogen-bond acceptors (Lipinski definition) is 4. The molecule has 0 aliphatic carbocycles. The highest BCUT2D eigenvalue weighted by Gasteiger charge is 2.31. The number of carbonyl (C=O) groups is 1. The Morgan fingerprint density at radius 3 is 2.24 bits per heavy atom. The number of rotatable bonds is 3. The maximum absolute atomic E-state index is 12.9. The fraction of sp³-hybridized carbons (Fsp3) is 0.588. The number of amides is 2. The number of benzene rings is 1. The molecule has 0 aromatic heterocycles. The van der Waals surface area contributed by atoms with Gasteiger partial charge in [0.1, 0.15) is 5.75 Å². The summed E-state index contributed by atoms with van der Waals surface area (Å²) in [5.74, 6) is 0.625. The number of nitrogens with one attached hydrogen (secondary N) is 1. The summed E-state index contributed by atoms with van der Waals surface area (Å²) in [4.78, 5) is 14.1. The van der Waals surface area contributed by atoms with Crippen molar-refractivity contribution in [3.05, 3.63) is 23.8 Å². The predicted octanol–water partition coefficient (Wildman–Crippen LogP) is 1.82. The van der Waals surface area contributed by atoms with Crippen molar-refractivity contribution in [1.82, 2.24) is 14.5 Å². The zero-order valence-corrected chi connectivity index (χ0v) is 16.3. The Bertz CT molecular complexity index is 733. The third-order valence-corrected chi connectivity index (χ3v) is 6.07. The van der Waals surface area contributed by atoms with E-state index in [0.29, 0.717) is 24.4 Å². The molecule has 2 rings (SSSR count). The van der Waals surface area contributed by atoms with Crippen LogP contribution in [0.25, 0.3) is 0 Å². The Morgan fingerprint density at radius 1 is 1.16 bits per heavy atom. The minimum atomic E-state index is -3.58. The van der Waals surface area contributed by atoms with Crippen LogP contribution in [0.4, 0.5) is 4.79 Å². The lowest BCUT2D eigenvalue weighted by Crippen LogP contribution is -2.55. The Labute approximate surface area is 150 Å². The van der Waals surface area contributed by atoms with Crippen molar-refractivity contribution in [3.8, 4) is 5.75 Å². The topological polar surface area (TPSA) is 79.0 Å². The summed E-state index contributed by atoms with van der Waals surface area (Å²) in [5.41, 5.74) is 0.327. The molecule has 1 saturated heterocycles. The number of carbonyl (C=O) groups excluding carboxylic acids is 1. The standard InChI is InChI=1S/C17H27N3O4S/c1-13-12-14(24-5)6-7-15(13)25(22,23)20-10-8-19(9-11-20)16(21)18-17(2,3)4/h6-7,12H,8-11H2,1-5H3,(H,18,21). The summed E-state index contributed by atoms with van der Waals surface area (Å²) < 4.78 is 32.3. The molecule has 0 spiro atoms. The summed E-state index contributed by atoms with van der Waals surface area (Å²) in [6.45, 7) is 8.81. The summed E-state index contributed by atoms with van der Waals surface area (Å²) in [6.07, 6.45) is 0. The number of nitrogens with zero attached hydrogens (tertiary/aromatic N) is 2. The molecule has 2 amide bonds. The van der Waals surface area contributed by atoms with Crippen LogP contribution in [-0.2, 0) is 10.0 Å². The zero-order chi connectivity index (χ0) is 18.8. The third kappa shape index (κ3) is 4.64. The van der Waals surface area contributed by atoms with Crippen molar-refractivity contribution < 1.29 is 17.9 Å². The van der Waals surface area contributed by atoms with Gasteiger partial charge < -0.3 is 15.0 Å². The van der Waals surface area contributed by atoms with Crippen LogP contribution in [0.1, 0.15) is 26.3 Å². The Balaban J connectivity index is 2.08. The number of ether oxygens (including phenoxy) is 1. The van der Waals surface area contributed by atoms with E-state index in [2.05, 4.69) is 5.32 Å². The molecule has 140 valence electrons. The van der Waals surface area contributed by atoms with Crippen molar-refractivity contribution >= 4 is 16.1 Å². The lowest BCUT2D eigenvalue weighted by Gasteiger charge is -2.35. The van der Waals surface area contributed by atoms with Crippen LogP contribution in [0.5, 0.6) is 5.75 Å². The first-order chi connectivity index (χ1) is 11.5. The molecule has 1 aliphatic rings. The van der Waals surface area contributed by atoms with E-state index in [9.17, 15) is 13.2 Å². The molecular weight excluding hydrogens is 342 g/mol. The molecule has 0 saturated carbocycles. The molecule has 1 aliphatic heterocycles. The van der Waals surface area contributed by atoms with Gasteiger partial charge in [-0.1, -0.05) is 0 Å². The summed E-state index contributed by atoms with van der Waals surface area (Å²) in [5, 5.41) is 2.90. The molecule has 7 nitrogen and oxygen atoms in total. The number of aryl methyl sites for hydroxylation is 1. The summed E-state index contributed by atoms with van der Waals surface area (Å²) in [7, 11) is -2.04. The third-order valence-electron chi connectivity index (χ3n) is 4.01. The van der Waals surface area contributed by atoms with Crippen LogP contribution in [0.2, 0.25) is 0 Å². The van der Waals surface area contributed by atoms with Crippen LogP contribution >= 0.6 is 0 Å². The minimum Gasteiger partial charge on any atom is -0.497 e. The largest absolute Gasteiger partial charge is 0.497 e. The van der Waals surface area contributed by atoms with E-state index in [4.69, 9.17) is 4.74 Å². The molecular formula is C17H27N3O4S. The maximum atomic E-state index is 12.9. The first-order valence-electron chi connectivity index (χ1n) is 8.26. The van der Waals surface area contributed by atoms with Gasteiger partial charge in [0.15, 0.2) is 0 Å². The van der Waals surface area contributed by atoms with E-state index < -0.39 is 10.0 Å². The van der Waals surface area contributed by atoms with Crippen LogP contribution in [0, 0.1) is 6.92 Å². The molecule has 0 radical (unpaired) electrons. The second-order valence-corrected chi connectivity index (χ2v) is 9.11. The average molecular weight is 369 g/mol. The SMILES string of the molecule is COc1ccc(S(=O)(=O)N2CCN(C(=O)NC(C)(C)C)CC2)c(C)c1. The second-order valence-electron chi connectivity index (χ2n) is 7.20. The van der Waals surface area contributed by atoms with Gasteiger partial charge in [-0.3, -0.25) is 0 Å². The Kier molecular flexibility index (Phi) is 5.63. The van der Waals surface area contributed by atoms with Gasteiger partial charge in [0.2, 0.25) is 10.0 Å². The van der Waals surface area contributed by atoms with E-state index >= 15 is 0 Å². The van der Waals surface area contributed by atoms with Gasteiger partial charge >= 0.3 is 6.03 Å². The monoisotopic (exact) mass is 369 g/mol. The second kappa shape index (κ2) is 7.21. The summed E-state index contributed by atoms with van der Waals surface area (Å²) >= 11 is 0. The summed E-state index contributed by atoms with van der Waals surface area (Å²) in [6, 6.07) is 4.76. The fourth-order valence-corrected chi connectivity index (χ4v) is 4.34. The molecule has 8 heteroatoms. The van der Waals surface area contributed by atoms with Gasteiger partial charge in [-0.25, -0.2) is 13.2 Å². The van der Waals surface area contributed by atoms with Gasteiger partial charge in [0.05, 0.1) is 12.0 Å². The average Bonchev–Trinajstić information content (AvgIpc) is 2.53. The number of piperazine rings is 1. The maximum Gasteiger partial charge on any atom is 0.317 e. The smallest absolute Gasteiger partial charge is 0.317 e. The lowest BCUT2D eigenvalue weighted by atomic mass is 10.1. The Hall–Kier alpha value is -1.80. The highest BCUT2D eigenvalue weighted by atomic mass is 32.2. The highest BCUT2D eigenvalue weighted by Crippen LogP contribution is 2.24. The first-order valence-corrected chi connectivity index (χ1v) is 9.70. The lowest BCUT2D eigenvalue weighted by molar-refractivity contribution is 0.165. The fourth-order valence-electron chi connectivity index (χ4n) is 2.71. The van der Waals surface area contributed by atoms with Gasteiger partial charge in [-0.05, 0) is 51.5 Å². The Morgan fingerprint density at radius 2 is 1.76 bits per heavy atom. The first kappa shape index (κ1) is 19.5. The molecule has 0 atom stereocenters. The quantitative estimate of drug-likeness (QED) is 0.881. The van der Waals surface area contributed by atoms with E-state index in [1.807, 2.05) is 20.8 Å². The highest BCUT2D eigenvalue weighted by molar-refractivity contribution is 7.89. The van der Waals surface area contributed by atoms with Gasteiger partial charge in [0.25, 0.3) is 0 Å². The molecule has 1 aromatic carbocycles. The van der Waals surface area contributed by atoms with Crippen molar-refractivity contribution in [1.29, 1.82) is 0 Å². The zero-order valence-electron chi connectivity index (χ0n) is 15.5. The van der Waals surface area contributed by atoms with Crippen molar-refractivity contribution in [2.24, 2.45) is 0 Å². The molecule has 1 fully saturated rings. The number of hydrogen-bond donors (Lipinski definition) is 1. The van der Waals surface area contributed by atoms with Gasteiger partial charge in [0, 0.05) is 31.7 Å². The van der Waals surface area contributed by atoms with Crippen molar-refractivity contribution in [2.45, 2.75) is 38.1 Å². The predicted molar refractivity (Wildman–Crippen MR) is 96.3 cm³/mol. The number of methoxy groups -OCH3 is 1. The van der Waals surface area contributed by atoms with Gasteiger partial charge in [-0.15, -0.1) is 0 Å². The van der Waals surface area contributed by atoms with Crippen molar-refractivity contribution in [2.75, 3.05) is 33.3 Å². The van der Waals surface area contributed by atoms with E-state index in [-0.39, 0.29) is 29.6 Å². The van der Waals surface area contributed by atoms with Crippen LogP contribution in [0.15, 0.2) is 23.1 Å². The van der Waals surface area contributed by atoms with E-state index in [1.165, 1.54) is 4.31 Å². The normalized spacial score (nSPS) is 16.6. The molecule has 25 heavy (non-hydrogen) atoms. The van der Waals surface area contributed by atoms with E-state index in [1.54, 1.807) is 37.1 Å². The molecule has 0 bridgehead atoms.